The molecule has 1 aliphatic rings. The van der Waals surface area contributed by atoms with E-state index in [0.717, 1.165) is 5.56 Å². The maximum atomic E-state index is 12.8. The number of benzene rings is 2. The number of amides is 2. The Labute approximate surface area is 189 Å². The summed E-state index contributed by atoms with van der Waals surface area (Å²) in [6.45, 7) is 8.81. The number of carbonyl (C=O) groups is 2. The van der Waals surface area contributed by atoms with Crippen molar-refractivity contribution in [3.63, 3.8) is 0 Å². The standard InChI is InChI=1S/C25H32N2O5/c1-18-6-8-19(9-7-18)16-27-17-25(4,26(5)23(27)30)14-15-31-20-10-12-21(13-11-20)32-24(2,3)22(28)29/h6-13H,14-17H2,1-5H3,(H,28,29)/t25-/m1/s1. The van der Waals surface area contributed by atoms with Crippen LogP contribution >= 0.6 is 0 Å². The Hall–Kier alpha value is -3.22. The van der Waals surface area contributed by atoms with Gasteiger partial charge < -0.3 is 24.4 Å². The van der Waals surface area contributed by atoms with Gasteiger partial charge in [0.05, 0.1) is 12.1 Å². The Morgan fingerprint density at radius 3 is 2.28 bits per heavy atom. The van der Waals surface area contributed by atoms with Crippen LogP contribution in [0.5, 0.6) is 11.5 Å². The molecule has 1 saturated heterocycles. The van der Waals surface area contributed by atoms with Crippen molar-refractivity contribution in [3.8, 4) is 11.5 Å². The zero-order chi connectivity index (χ0) is 23.5. The van der Waals surface area contributed by atoms with Crippen LogP contribution in [0.25, 0.3) is 0 Å². The molecule has 0 saturated carbocycles. The Balaban J connectivity index is 1.54. The highest BCUT2D eigenvalue weighted by molar-refractivity contribution is 5.78. The lowest BCUT2D eigenvalue weighted by Gasteiger charge is -2.30. The van der Waals surface area contributed by atoms with E-state index in [-0.39, 0.29) is 11.6 Å². The molecule has 3 rings (SSSR count). The summed E-state index contributed by atoms with van der Waals surface area (Å²) in [6.07, 6.45) is 0.684. The molecule has 1 fully saturated rings. The molecule has 0 spiro atoms. The van der Waals surface area contributed by atoms with Gasteiger partial charge in [-0.1, -0.05) is 29.8 Å². The van der Waals surface area contributed by atoms with Crippen molar-refractivity contribution < 1.29 is 24.2 Å². The van der Waals surface area contributed by atoms with Crippen molar-refractivity contribution in [2.45, 2.75) is 51.8 Å². The summed E-state index contributed by atoms with van der Waals surface area (Å²) in [5.74, 6) is 0.0971. The fourth-order valence-corrected chi connectivity index (χ4v) is 3.64. The molecule has 0 bridgehead atoms. The van der Waals surface area contributed by atoms with Crippen molar-refractivity contribution in [1.29, 1.82) is 0 Å². The van der Waals surface area contributed by atoms with E-state index in [2.05, 4.69) is 31.2 Å². The average molecular weight is 441 g/mol. The minimum absolute atomic E-state index is 0.0237. The fraction of sp³-hybridized carbons (Fsp3) is 0.440. The molecular weight excluding hydrogens is 408 g/mol. The highest BCUT2D eigenvalue weighted by atomic mass is 16.5. The highest BCUT2D eigenvalue weighted by Gasteiger charge is 2.43. The van der Waals surface area contributed by atoms with E-state index in [1.165, 1.54) is 19.4 Å². The second kappa shape index (κ2) is 9.10. The zero-order valence-electron chi connectivity index (χ0n) is 19.4. The number of carbonyl (C=O) groups excluding carboxylic acids is 1. The van der Waals surface area contributed by atoms with Crippen molar-refractivity contribution in [3.05, 3.63) is 59.7 Å². The van der Waals surface area contributed by atoms with E-state index < -0.39 is 11.6 Å². The van der Waals surface area contributed by atoms with Gasteiger partial charge >= 0.3 is 12.0 Å². The van der Waals surface area contributed by atoms with Gasteiger partial charge in [0.2, 0.25) is 0 Å². The SMILES string of the molecule is Cc1ccc(CN2C[C@@](C)(CCOc3ccc(OC(C)(C)C(=O)O)cc3)N(C)C2=O)cc1. The number of hydrogen-bond donors (Lipinski definition) is 1. The quantitative estimate of drug-likeness (QED) is 0.628. The smallest absolute Gasteiger partial charge is 0.347 e. The number of aliphatic carboxylic acids is 1. The summed E-state index contributed by atoms with van der Waals surface area (Å²) in [5.41, 5.74) is 0.689. The maximum absolute atomic E-state index is 12.8. The van der Waals surface area contributed by atoms with Gasteiger partial charge in [-0.05, 0) is 57.5 Å². The number of carboxylic acid groups (broad SMARTS) is 1. The third kappa shape index (κ3) is 5.33. The Morgan fingerprint density at radius 2 is 1.69 bits per heavy atom. The number of urea groups is 1. The second-order valence-corrected chi connectivity index (χ2v) is 9.17. The molecule has 1 heterocycles. The lowest BCUT2D eigenvalue weighted by molar-refractivity contribution is -0.152. The summed E-state index contributed by atoms with van der Waals surface area (Å²) >= 11 is 0. The van der Waals surface area contributed by atoms with Crippen LogP contribution in [0.3, 0.4) is 0 Å². The predicted molar refractivity (Wildman–Crippen MR) is 122 cm³/mol. The number of aryl methyl sites for hydroxylation is 1. The molecule has 2 amide bonds. The first kappa shape index (κ1) is 23.4. The van der Waals surface area contributed by atoms with Crippen LogP contribution in [0.15, 0.2) is 48.5 Å². The van der Waals surface area contributed by atoms with E-state index in [0.29, 0.717) is 37.6 Å². The van der Waals surface area contributed by atoms with Gasteiger partial charge in [-0.2, -0.15) is 0 Å². The number of carboxylic acids is 1. The topological polar surface area (TPSA) is 79.3 Å². The van der Waals surface area contributed by atoms with Gasteiger partial charge in [-0.15, -0.1) is 0 Å². The van der Waals surface area contributed by atoms with Crippen LogP contribution in [0, 0.1) is 6.92 Å². The van der Waals surface area contributed by atoms with Crippen LogP contribution in [-0.2, 0) is 11.3 Å². The molecule has 7 heteroatoms. The molecule has 0 aromatic heterocycles. The van der Waals surface area contributed by atoms with Crippen LogP contribution in [0.1, 0.15) is 38.3 Å². The molecule has 0 unspecified atom stereocenters. The van der Waals surface area contributed by atoms with E-state index in [1.807, 2.05) is 18.9 Å². The third-order valence-corrected chi connectivity index (χ3v) is 6.01. The van der Waals surface area contributed by atoms with Crippen LogP contribution in [-0.4, -0.2) is 58.2 Å². The van der Waals surface area contributed by atoms with Gasteiger partial charge in [-0.25, -0.2) is 9.59 Å². The largest absolute Gasteiger partial charge is 0.494 e. The molecule has 2 aromatic rings. The van der Waals surface area contributed by atoms with Crippen LogP contribution in [0.2, 0.25) is 0 Å². The number of ether oxygens (including phenoxy) is 2. The van der Waals surface area contributed by atoms with E-state index >= 15 is 0 Å². The first-order chi connectivity index (χ1) is 15.0. The highest BCUT2D eigenvalue weighted by Crippen LogP contribution is 2.30. The monoisotopic (exact) mass is 440 g/mol. The first-order valence-corrected chi connectivity index (χ1v) is 10.7. The molecule has 0 aliphatic carbocycles. The minimum Gasteiger partial charge on any atom is -0.494 e. The molecule has 0 radical (unpaired) electrons. The van der Waals surface area contributed by atoms with Gasteiger partial charge in [0, 0.05) is 26.6 Å². The molecule has 1 atom stereocenters. The summed E-state index contributed by atoms with van der Waals surface area (Å²) in [4.78, 5) is 27.7. The molecular formula is C25H32N2O5. The van der Waals surface area contributed by atoms with Crippen molar-refractivity contribution in [1.82, 2.24) is 9.80 Å². The summed E-state index contributed by atoms with van der Waals surface area (Å²) in [6, 6.07) is 15.2. The summed E-state index contributed by atoms with van der Waals surface area (Å²) < 4.78 is 11.4. The van der Waals surface area contributed by atoms with E-state index in [4.69, 9.17) is 9.47 Å². The average Bonchev–Trinajstić information content (AvgIpc) is 2.94. The number of hydrogen-bond acceptors (Lipinski definition) is 4. The molecule has 7 nitrogen and oxygen atoms in total. The molecule has 1 N–H and O–H groups in total. The second-order valence-electron chi connectivity index (χ2n) is 9.17. The van der Waals surface area contributed by atoms with Gasteiger partial charge in [0.25, 0.3) is 0 Å². The van der Waals surface area contributed by atoms with Crippen LogP contribution < -0.4 is 9.47 Å². The molecule has 1 aliphatic heterocycles. The summed E-state index contributed by atoms with van der Waals surface area (Å²) in [5, 5.41) is 9.17. The maximum Gasteiger partial charge on any atom is 0.347 e. The van der Waals surface area contributed by atoms with Gasteiger partial charge in [0.1, 0.15) is 11.5 Å². The van der Waals surface area contributed by atoms with E-state index in [9.17, 15) is 14.7 Å². The first-order valence-electron chi connectivity index (χ1n) is 10.7. The Kier molecular flexibility index (Phi) is 6.67. The normalized spacial score (nSPS) is 18.7. The van der Waals surface area contributed by atoms with E-state index in [1.54, 1.807) is 29.2 Å². The minimum atomic E-state index is -1.30. The lowest BCUT2D eigenvalue weighted by Crippen LogP contribution is -2.43. The lowest BCUT2D eigenvalue weighted by atomic mass is 9.98. The van der Waals surface area contributed by atoms with Crippen LogP contribution in [0.4, 0.5) is 4.79 Å². The Bertz CT molecular complexity index is 955. The van der Waals surface area contributed by atoms with Crippen molar-refractivity contribution in [2.75, 3.05) is 20.2 Å². The molecule has 172 valence electrons. The third-order valence-electron chi connectivity index (χ3n) is 6.01. The molecule has 2 aromatic carbocycles. The Morgan fingerprint density at radius 1 is 1.09 bits per heavy atom. The summed E-state index contributed by atoms with van der Waals surface area (Å²) in [7, 11) is 1.84. The van der Waals surface area contributed by atoms with Gasteiger partial charge in [0.15, 0.2) is 5.60 Å². The molecule has 32 heavy (non-hydrogen) atoms. The number of rotatable bonds is 9. The number of likely N-dealkylation sites (N-methyl/N-ethyl adjacent to an activating group) is 1. The predicted octanol–water partition coefficient (Wildman–Crippen LogP) is 4.33. The van der Waals surface area contributed by atoms with Crippen molar-refractivity contribution in [2.24, 2.45) is 0 Å². The zero-order valence-corrected chi connectivity index (χ0v) is 19.4. The van der Waals surface area contributed by atoms with Crippen molar-refractivity contribution >= 4 is 12.0 Å². The number of nitrogens with zero attached hydrogens (tertiary/aromatic N) is 2. The van der Waals surface area contributed by atoms with Gasteiger partial charge in [-0.3, -0.25) is 0 Å². The fourth-order valence-electron chi connectivity index (χ4n) is 3.64.